The van der Waals surface area contributed by atoms with Crippen LogP contribution in [-0.4, -0.2) is 32.2 Å². The fourth-order valence-electron chi connectivity index (χ4n) is 2.04. The highest BCUT2D eigenvalue weighted by molar-refractivity contribution is 6.37. The molecular formula is C14H15ClN2O2. The van der Waals surface area contributed by atoms with Gasteiger partial charge >= 0.3 is 5.97 Å². The number of aryl methyl sites for hydroxylation is 1. The summed E-state index contributed by atoms with van der Waals surface area (Å²) in [6.45, 7) is 1.87. The Morgan fingerprint density at radius 1 is 1.37 bits per heavy atom. The predicted molar refractivity (Wildman–Crippen MR) is 77.2 cm³/mol. The first-order chi connectivity index (χ1) is 8.95. The van der Waals surface area contributed by atoms with Gasteiger partial charge in [-0.05, 0) is 25.1 Å². The monoisotopic (exact) mass is 278 g/mol. The van der Waals surface area contributed by atoms with Gasteiger partial charge in [-0.1, -0.05) is 11.6 Å². The zero-order chi connectivity index (χ0) is 14.2. The third-order valence-electron chi connectivity index (χ3n) is 2.91. The average Bonchev–Trinajstić information content (AvgIpc) is 2.35. The first-order valence-corrected chi connectivity index (χ1v) is 6.19. The van der Waals surface area contributed by atoms with Crippen LogP contribution in [0.4, 0.5) is 5.69 Å². The maximum atomic E-state index is 11.8. The SMILES string of the molecule is COC(=O)c1ccc(N(C)C)c2nc(C)cc(Cl)c12. The lowest BCUT2D eigenvalue weighted by Gasteiger charge is -2.17. The fraction of sp³-hybridized carbons (Fsp3) is 0.286. The number of rotatable bonds is 2. The number of carbonyl (C=O) groups is 1. The second-order valence-corrected chi connectivity index (χ2v) is 4.89. The van der Waals surface area contributed by atoms with Gasteiger partial charge in [0.15, 0.2) is 0 Å². The van der Waals surface area contributed by atoms with E-state index < -0.39 is 5.97 Å². The molecule has 0 saturated heterocycles. The minimum absolute atomic E-state index is 0.414. The summed E-state index contributed by atoms with van der Waals surface area (Å²) in [4.78, 5) is 18.3. The number of benzene rings is 1. The Morgan fingerprint density at radius 2 is 2.05 bits per heavy atom. The van der Waals surface area contributed by atoms with Gasteiger partial charge in [-0.2, -0.15) is 0 Å². The summed E-state index contributed by atoms with van der Waals surface area (Å²) in [5, 5.41) is 1.14. The first-order valence-electron chi connectivity index (χ1n) is 5.81. The van der Waals surface area contributed by atoms with Gasteiger partial charge in [-0.25, -0.2) is 4.79 Å². The van der Waals surface area contributed by atoms with Gasteiger partial charge in [-0.15, -0.1) is 0 Å². The van der Waals surface area contributed by atoms with Crippen molar-refractivity contribution in [2.45, 2.75) is 6.92 Å². The topological polar surface area (TPSA) is 42.4 Å². The Labute approximate surface area is 116 Å². The molecule has 0 N–H and O–H groups in total. The second-order valence-electron chi connectivity index (χ2n) is 4.49. The minimum atomic E-state index is -0.414. The molecule has 1 aromatic heterocycles. The molecule has 100 valence electrons. The number of nitrogens with zero attached hydrogens (tertiary/aromatic N) is 2. The number of methoxy groups -OCH3 is 1. The molecule has 2 aromatic rings. The number of anilines is 1. The van der Waals surface area contributed by atoms with Crippen LogP contribution in [0.2, 0.25) is 5.02 Å². The number of pyridine rings is 1. The van der Waals surface area contributed by atoms with E-state index in [4.69, 9.17) is 16.3 Å². The number of fused-ring (bicyclic) bond motifs is 1. The third kappa shape index (κ3) is 2.36. The molecule has 0 amide bonds. The molecule has 0 spiro atoms. The molecule has 0 bridgehead atoms. The number of halogens is 1. The molecule has 19 heavy (non-hydrogen) atoms. The molecule has 2 rings (SSSR count). The smallest absolute Gasteiger partial charge is 0.338 e. The molecule has 1 aromatic carbocycles. The van der Waals surface area contributed by atoms with Crippen LogP contribution >= 0.6 is 11.6 Å². The minimum Gasteiger partial charge on any atom is -0.465 e. The first kappa shape index (κ1) is 13.6. The highest BCUT2D eigenvalue weighted by Crippen LogP contribution is 2.33. The zero-order valence-electron chi connectivity index (χ0n) is 11.3. The van der Waals surface area contributed by atoms with Gasteiger partial charge in [0.1, 0.15) is 0 Å². The second kappa shape index (κ2) is 5.05. The summed E-state index contributed by atoms with van der Waals surface area (Å²) in [7, 11) is 5.19. The van der Waals surface area contributed by atoms with Gasteiger partial charge in [0, 0.05) is 25.2 Å². The van der Waals surface area contributed by atoms with Gasteiger partial charge in [0.2, 0.25) is 0 Å². The number of carbonyl (C=O) groups excluding carboxylic acids is 1. The Kier molecular flexibility index (Phi) is 3.62. The molecule has 0 atom stereocenters. The number of hydrogen-bond acceptors (Lipinski definition) is 4. The standard InChI is InChI=1S/C14H15ClN2O2/c1-8-7-10(15)12-9(14(18)19-4)5-6-11(17(2)3)13(12)16-8/h5-7H,1-4H3. The molecule has 0 fully saturated rings. The van der Waals surface area contributed by atoms with Gasteiger partial charge in [0.25, 0.3) is 0 Å². The van der Waals surface area contributed by atoms with Crippen LogP contribution in [0.15, 0.2) is 18.2 Å². The number of aromatic nitrogens is 1. The van der Waals surface area contributed by atoms with Crippen molar-refractivity contribution in [3.8, 4) is 0 Å². The highest BCUT2D eigenvalue weighted by Gasteiger charge is 2.17. The van der Waals surface area contributed by atoms with Crippen LogP contribution in [0.25, 0.3) is 10.9 Å². The van der Waals surface area contributed by atoms with Crippen LogP contribution in [0, 0.1) is 6.92 Å². The number of hydrogen-bond donors (Lipinski definition) is 0. The lowest BCUT2D eigenvalue weighted by atomic mass is 10.1. The lowest BCUT2D eigenvalue weighted by molar-refractivity contribution is 0.0603. The summed E-state index contributed by atoms with van der Waals surface area (Å²) in [5.74, 6) is -0.414. The van der Waals surface area contributed by atoms with E-state index in [9.17, 15) is 4.79 Å². The normalized spacial score (nSPS) is 10.6. The molecule has 0 aliphatic heterocycles. The fourth-order valence-corrected chi connectivity index (χ4v) is 2.39. The van der Waals surface area contributed by atoms with Crippen LogP contribution in [0.5, 0.6) is 0 Å². The van der Waals surface area contributed by atoms with Crippen molar-refractivity contribution in [2.75, 3.05) is 26.1 Å². The van der Waals surface area contributed by atoms with Crippen molar-refractivity contribution in [1.82, 2.24) is 4.98 Å². The van der Waals surface area contributed by atoms with Crippen molar-refractivity contribution in [2.24, 2.45) is 0 Å². The molecular weight excluding hydrogens is 264 g/mol. The lowest BCUT2D eigenvalue weighted by Crippen LogP contribution is -2.11. The molecule has 0 unspecified atom stereocenters. The van der Waals surface area contributed by atoms with Crippen LogP contribution in [0.3, 0.4) is 0 Å². The van der Waals surface area contributed by atoms with E-state index in [1.165, 1.54) is 7.11 Å². The van der Waals surface area contributed by atoms with E-state index >= 15 is 0 Å². The summed E-state index contributed by atoms with van der Waals surface area (Å²) < 4.78 is 4.79. The average molecular weight is 279 g/mol. The molecule has 0 saturated carbocycles. The Hall–Kier alpha value is -1.81. The quantitative estimate of drug-likeness (QED) is 0.792. The van der Waals surface area contributed by atoms with Crippen LogP contribution in [-0.2, 0) is 4.74 Å². The van der Waals surface area contributed by atoms with E-state index in [1.807, 2.05) is 32.0 Å². The molecule has 1 heterocycles. The van der Waals surface area contributed by atoms with Crippen molar-refractivity contribution < 1.29 is 9.53 Å². The van der Waals surface area contributed by atoms with Gasteiger partial charge < -0.3 is 9.64 Å². The number of esters is 1. The predicted octanol–water partition coefficient (Wildman–Crippen LogP) is 3.05. The number of ether oxygens (including phenoxy) is 1. The van der Waals surface area contributed by atoms with Crippen molar-refractivity contribution in [1.29, 1.82) is 0 Å². The Morgan fingerprint density at radius 3 is 2.63 bits per heavy atom. The molecule has 0 aliphatic rings. The third-order valence-corrected chi connectivity index (χ3v) is 3.20. The maximum absolute atomic E-state index is 11.8. The van der Waals surface area contributed by atoms with Gasteiger partial charge in [0.05, 0.1) is 28.9 Å². The molecule has 0 aliphatic carbocycles. The molecule has 5 heteroatoms. The summed E-state index contributed by atoms with van der Waals surface area (Å²) in [6.07, 6.45) is 0. The van der Waals surface area contributed by atoms with E-state index in [0.29, 0.717) is 21.5 Å². The van der Waals surface area contributed by atoms with E-state index in [0.717, 1.165) is 11.4 Å². The molecule has 0 radical (unpaired) electrons. The molecule has 4 nitrogen and oxygen atoms in total. The largest absolute Gasteiger partial charge is 0.465 e. The Balaban J connectivity index is 2.89. The van der Waals surface area contributed by atoms with Gasteiger partial charge in [-0.3, -0.25) is 4.98 Å². The summed E-state index contributed by atoms with van der Waals surface area (Å²) in [5.41, 5.74) is 2.86. The Bertz CT molecular complexity index is 653. The summed E-state index contributed by atoms with van der Waals surface area (Å²) >= 11 is 6.28. The van der Waals surface area contributed by atoms with E-state index in [2.05, 4.69) is 4.98 Å². The van der Waals surface area contributed by atoms with Crippen LogP contribution in [0.1, 0.15) is 16.1 Å². The van der Waals surface area contributed by atoms with Crippen molar-refractivity contribution >= 4 is 34.2 Å². The van der Waals surface area contributed by atoms with Crippen molar-refractivity contribution in [3.63, 3.8) is 0 Å². The van der Waals surface area contributed by atoms with E-state index in [-0.39, 0.29) is 0 Å². The highest BCUT2D eigenvalue weighted by atomic mass is 35.5. The zero-order valence-corrected chi connectivity index (χ0v) is 12.1. The van der Waals surface area contributed by atoms with Crippen LogP contribution < -0.4 is 4.90 Å². The maximum Gasteiger partial charge on any atom is 0.338 e. The summed E-state index contributed by atoms with van der Waals surface area (Å²) in [6, 6.07) is 5.31. The van der Waals surface area contributed by atoms with Crippen molar-refractivity contribution in [3.05, 3.63) is 34.5 Å². The van der Waals surface area contributed by atoms with E-state index in [1.54, 1.807) is 12.1 Å².